The third kappa shape index (κ3) is 2.05. The van der Waals surface area contributed by atoms with Gasteiger partial charge in [-0.3, -0.25) is 4.79 Å². The van der Waals surface area contributed by atoms with Crippen LogP contribution in [-0.4, -0.2) is 25.7 Å². The SMILES string of the molecule is CS(=O)(=O)c1ccc(C2(C(=O)O)CC2)cc1Cl. The minimum Gasteiger partial charge on any atom is -0.481 e. The van der Waals surface area contributed by atoms with E-state index in [2.05, 4.69) is 0 Å². The summed E-state index contributed by atoms with van der Waals surface area (Å²) in [5.41, 5.74) is -0.290. The molecule has 1 N–H and O–H groups in total. The second-order valence-electron chi connectivity index (χ2n) is 4.30. The Labute approximate surface area is 104 Å². The van der Waals surface area contributed by atoms with Crippen LogP contribution in [0.25, 0.3) is 0 Å². The molecule has 1 saturated carbocycles. The zero-order valence-electron chi connectivity index (χ0n) is 9.10. The van der Waals surface area contributed by atoms with Crippen LogP contribution in [0.3, 0.4) is 0 Å². The van der Waals surface area contributed by atoms with Crippen molar-refractivity contribution < 1.29 is 18.3 Å². The molecule has 0 saturated heterocycles. The van der Waals surface area contributed by atoms with Crippen LogP contribution >= 0.6 is 11.6 Å². The first-order valence-electron chi connectivity index (χ1n) is 5.01. The predicted octanol–water partition coefficient (Wildman–Crippen LogP) is 1.86. The van der Waals surface area contributed by atoms with Crippen molar-refractivity contribution in [1.82, 2.24) is 0 Å². The minimum atomic E-state index is -3.37. The maximum absolute atomic E-state index is 11.4. The van der Waals surface area contributed by atoms with Gasteiger partial charge in [0.25, 0.3) is 0 Å². The highest BCUT2D eigenvalue weighted by Gasteiger charge is 2.51. The molecule has 0 bridgehead atoms. The van der Waals surface area contributed by atoms with Crippen molar-refractivity contribution in [1.29, 1.82) is 0 Å². The van der Waals surface area contributed by atoms with Crippen molar-refractivity contribution in [2.75, 3.05) is 6.26 Å². The highest BCUT2D eigenvalue weighted by molar-refractivity contribution is 7.90. The molecule has 0 radical (unpaired) electrons. The highest BCUT2D eigenvalue weighted by Crippen LogP contribution is 2.49. The summed E-state index contributed by atoms with van der Waals surface area (Å²) in [5.74, 6) is -0.888. The Bertz CT molecular complexity index is 587. The molecule has 2 rings (SSSR count). The number of sulfone groups is 1. The first kappa shape index (κ1) is 12.4. The van der Waals surface area contributed by atoms with Crippen LogP contribution in [-0.2, 0) is 20.0 Å². The van der Waals surface area contributed by atoms with E-state index in [0.29, 0.717) is 18.4 Å². The molecule has 0 unspecified atom stereocenters. The fourth-order valence-corrected chi connectivity index (χ4v) is 3.18. The van der Waals surface area contributed by atoms with Gasteiger partial charge in [0.05, 0.1) is 15.3 Å². The molecule has 4 nitrogen and oxygen atoms in total. The van der Waals surface area contributed by atoms with Crippen LogP contribution in [0.1, 0.15) is 18.4 Å². The predicted molar refractivity (Wildman–Crippen MR) is 63.1 cm³/mol. The van der Waals surface area contributed by atoms with Gasteiger partial charge in [-0.05, 0) is 30.5 Å². The standard InChI is InChI=1S/C11H11ClO4S/c1-17(15,16)9-3-2-7(6-8(9)12)11(4-5-11)10(13)14/h2-3,6H,4-5H2,1H3,(H,13,14). The maximum atomic E-state index is 11.4. The summed E-state index contributed by atoms with van der Waals surface area (Å²) in [7, 11) is -3.37. The third-order valence-corrected chi connectivity index (χ3v) is 4.62. The smallest absolute Gasteiger partial charge is 0.314 e. The third-order valence-electron chi connectivity index (χ3n) is 3.04. The van der Waals surface area contributed by atoms with Gasteiger partial charge in [0.2, 0.25) is 0 Å². The molecule has 0 aromatic heterocycles. The van der Waals surface area contributed by atoms with Crippen molar-refractivity contribution in [3.05, 3.63) is 28.8 Å². The Hall–Kier alpha value is -1.07. The second kappa shape index (κ2) is 3.71. The van der Waals surface area contributed by atoms with Crippen LogP contribution < -0.4 is 0 Å². The first-order valence-corrected chi connectivity index (χ1v) is 7.28. The summed E-state index contributed by atoms with van der Waals surface area (Å²) in [6.07, 6.45) is 2.20. The molecule has 6 heteroatoms. The average Bonchev–Trinajstić information content (AvgIpc) is 2.95. The summed E-state index contributed by atoms with van der Waals surface area (Å²) in [6, 6.07) is 4.35. The van der Waals surface area contributed by atoms with Crippen LogP contribution in [0.4, 0.5) is 0 Å². The van der Waals surface area contributed by atoms with Gasteiger partial charge in [0, 0.05) is 6.26 Å². The fourth-order valence-electron chi connectivity index (χ4n) is 1.85. The van der Waals surface area contributed by atoms with E-state index in [1.807, 2.05) is 0 Å². The molecule has 1 fully saturated rings. The lowest BCUT2D eigenvalue weighted by Crippen LogP contribution is -2.19. The van der Waals surface area contributed by atoms with E-state index in [4.69, 9.17) is 16.7 Å². The molecule has 0 atom stereocenters. The Morgan fingerprint density at radius 1 is 1.41 bits per heavy atom. The lowest BCUT2D eigenvalue weighted by molar-refractivity contribution is -0.140. The van der Waals surface area contributed by atoms with Gasteiger partial charge in [-0.1, -0.05) is 17.7 Å². The Balaban J connectivity index is 2.49. The van der Waals surface area contributed by atoms with E-state index < -0.39 is 21.2 Å². The summed E-state index contributed by atoms with van der Waals surface area (Å²) in [4.78, 5) is 11.1. The number of hydrogen-bond donors (Lipinski definition) is 1. The van der Waals surface area contributed by atoms with Crippen molar-refractivity contribution in [3.63, 3.8) is 0 Å². The van der Waals surface area contributed by atoms with E-state index in [1.54, 1.807) is 0 Å². The molecule has 0 spiro atoms. The molecule has 0 heterocycles. The van der Waals surface area contributed by atoms with Crippen molar-refractivity contribution >= 4 is 27.4 Å². The van der Waals surface area contributed by atoms with E-state index in [9.17, 15) is 13.2 Å². The van der Waals surface area contributed by atoms with Crippen molar-refractivity contribution in [2.24, 2.45) is 0 Å². The van der Waals surface area contributed by atoms with Crippen LogP contribution in [0, 0.1) is 0 Å². The van der Waals surface area contributed by atoms with E-state index >= 15 is 0 Å². The maximum Gasteiger partial charge on any atom is 0.314 e. The van der Waals surface area contributed by atoms with E-state index in [-0.39, 0.29) is 9.92 Å². The largest absolute Gasteiger partial charge is 0.481 e. The van der Waals surface area contributed by atoms with Gasteiger partial charge < -0.3 is 5.11 Å². The monoisotopic (exact) mass is 274 g/mol. The Morgan fingerprint density at radius 2 is 2.00 bits per heavy atom. The number of rotatable bonds is 3. The molecule has 1 aliphatic carbocycles. The summed E-state index contributed by atoms with van der Waals surface area (Å²) in [5, 5.41) is 9.20. The fraction of sp³-hybridized carbons (Fsp3) is 0.364. The van der Waals surface area contributed by atoms with Gasteiger partial charge >= 0.3 is 5.97 Å². The van der Waals surface area contributed by atoms with E-state index in [0.717, 1.165) is 6.26 Å². The molecule has 0 aliphatic heterocycles. The van der Waals surface area contributed by atoms with Gasteiger partial charge in [-0.25, -0.2) is 8.42 Å². The lowest BCUT2D eigenvalue weighted by atomic mass is 9.96. The van der Waals surface area contributed by atoms with Gasteiger partial charge in [-0.15, -0.1) is 0 Å². The van der Waals surface area contributed by atoms with Crippen molar-refractivity contribution in [3.8, 4) is 0 Å². The van der Waals surface area contributed by atoms with Crippen LogP contribution in [0.5, 0.6) is 0 Å². The number of benzene rings is 1. The first-order chi connectivity index (χ1) is 7.77. The zero-order valence-corrected chi connectivity index (χ0v) is 10.7. The molecule has 92 valence electrons. The zero-order chi connectivity index (χ0) is 12.8. The van der Waals surface area contributed by atoms with Crippen molar-refractivity contribution in [2.45, 2.75) is 23.2 Å². The van der Waals surface area contributed by atoms with Crippen LogP contribution in [0.2, 0.25) is 5.02 Å². The van der Waals surface area contributed by atoms with E-state index in [1.165, 1.54) is 18.2 Å². The summed E-state index contributed by atoms with van der Waals surface area (Å²) >= 11 is 5.88. The van der Waals surface area contributed by atoms with Crippen LogP contribution in [0.15, 0.2) is 23.1 Å². The topological polar surface area (TPSA) is 71.4 Å². The molecular formula is C11H11ClO4S. The Kier molecular flexibility index (Phi) is 2.71. The van der Waals surface area contributed by atoms with Gasteiger partial charge in [0.1, 0.15) is 0 Å². The number of carbonyl (C=O) groups is 1. The Morgan fingerprint density at radius 3 is 2.35 bits per heavy atom. The van der Waals surface area contributed by atoms with Gasteiger partial charge in [0.15, 0.2) is 9.84 Å². The molecular weight excluding hydrogens is 264 g/mol. The molecule has 17 heavy (non-hydrogen) atoms. The lowest BCUT2D eigenvalue weighted by Gasteiger charge is -2.11. The number of hydrogen-bond acceptors (Lipinski definition) is 3. The quantitative estimate of drug-likeness (QED) is 0.913. The summed E-state index contributed by atoms with van der Waals surface area (Å²) < 4.78 is 22.7. The summed E-state index contributed by atoms with van der Waals surface area (Å²) in [6.45, 7) is 0. The number of halogens is 1. The normalized spacial score (nSPS) is 17.8. The highest BCUT2D eigenvalue weighted by atomic mass is 35.5. The number of carboxylic acids is 1. The number of aliphatic carboxylic acids is 1. The molecule has 1 aromatic rings. The minimum absolute atomic E-state index is 0.0316. The number of carboxylic acid groups (broad SMARTS) is 1. The van der Waals surface area contributed by atoms with Gasteiger partial charge in [-0.2, -0.15) is 0 Å². The average molecular weight is 275 g/mol. The second-order valence-corrected chi connectivity index (χ2v) is 6.70. The molecule has 1 aromatic carbocycles. The molecule has 1 aliphatic rings. The molecule has 0 amide bonds.